The van der Waals surface area contributed by atoms with Gasteiger partial charge in [-0.05, 0) is 12.1 Å². The molecular weight excluding hydrogens is 206 g/mol. The van der Waals surface area contributed by atoms with Crippen LogP contribution < -0.4 is 0 Å². The van der Waals surface area contributed by atoms with Crippen LogP contribution >= 0.6 is 0 Å². The van der Waals surface area contributed by atoms with Crippen LogP contribution in [0.2, 0.25) is 0 Å². The molecule has 0 fully saturated rings. The smallest absolute Gasteiger partial charge is 0.256 e. The van der Waals surface area contributed by atoms with Crippen LogP contribution in [0, 0.1) is 9.81 Å². The summed E-state index contributed by atoms with van der Waals surface area (Å²) < 4.78 is 1.47. The van der Waals surface area contributed by atoms with Gasteiger partial charge in [0, 0.05) is 27.5 Å². The summed E-state index contributed by atoms with van der Waals surface area (Å²) in [5, 5.41) is 0.876. The Morgan fingerprint density at radius 2 is 2.06 bits per heavy atom. The van der Waals surface area contributed by atoms with Crippen molar-refractivity contribution in [3.8, 4) is 0 Å². The first-order chi connectivity index (χ1) is 7.75. The lowest BCUT2D eigenvalue weighted by atomic mass is 10.0. The van der Waals surface area contributed by atoms with Crippen molar-refractivity contribution in [2.24, 2.45) is 0 Å². The molecule has 78 valence electrons. The summed E-state index contributed by atoms with van der Waals surface area (Å²) in [7, 11) is 0. The van der Waals surface area contributed by atoms with E-state index < -0.39 is 0 Å². The fourth-order valence-electron chi connectivity index (χ4n) is 2.05. The van der Waals surface area contributed by atoms with Gasteiger partial charge in [-0.1, -0.05) is 6.07 Å². The molecule has 0 spiro atoms. The maximum Gasteiger partial charge on any atom is 0.429 e. The van der Waals surface area contributed by atoms with Gasteiger partial charge in [-0.15, -0.1) is 0 Å². The molecule has 0 unspecified atom stereocenters. The zero-order valence-electron chi connectivity index (χ0n) is 8.46. The van der Waals surface area contributed by atoms with Gasteiger partial charge in [0.05, 0.1) is 10.3 Å². The highest BCUT2D eigenvalue weighted by molar-refractivity contribution is 5.85. The minimum Gasteiger partial charge on any atom is -0.256 e. The normalized spacial score (nSPS) is 15.2. The van der Waals surface area contributed by atoms with Crippen LogP contribution in [0.5, 0.6) is 0 Å². The molecule has 1 aromatic heterocycles. The number of benzene rings is 1. The van der Waals surface area contributed by atoms with Gasteiger partial charge in [-0.3, -0.25) is 4.98 Å². The lowest BCUT2D eigenvalue weighted by Gasteiger charge is -2.05. The fraction of sp³-hybridized carbons (Fsp3) is 0.182. The van der Waals surface area contributed by atoms with Gasteiger partial charge in [0.15, 0.2) is 0 Å². The zero-order valence-corrected chi connectivity index (χ0v) is 8.46. The van der Waals surface area contributed by atoms with Crippen molar-refractivity contribution in [1.82, 2.24) is 4.98 Å². The molecule has 16 heavy (non-hydrogen) atoms. The fourth-order valence-corrected chi connectivity index (χ4v) is 2.05. The van der Waals surface area contributed by atoms with Gasteiger partial charge in [0.1, 0.15) is 10.3 Å². The molecule has 5 heteroatoms. The second-order valence-corrected chi connectivity index (χ2v) is 3.79. The van der Waals surface area contributed by atoms with Crippen LogP contribution in [-0.4, -0.2) is 21.2 Å². The largest absolute Gasteiger partial charge is 0.429 e. The van der Waals surface area contributed by atoms with Gasteiger partial charge in [-0.2, -0.15) is 0 Å². The third-order valence-corrected chi connectivity index (χ3v) is 2.76. The molecule has 1 aliphatic rings. The van der Waals surface area contributed by atoms with E-state index in [1.807, 2.05) is 12.1 Å². The number of hydrogen-bond acceptors (Lipinski definition) is 3. The Balaban J connectivity index is 2.37. The molecule has 0 saturated carbocycles. The highest BCUT2D eigenvalue weighted by Gasteiger charge is 2.36. The Bertz CT molecular complexity index is 622. The van der Waals surface area contributed by atoms with Gasteiger partial charge in [0.2, 0.25) is 6.54 Å². The summed E-state index contributed by atoms with van der Waals surface area (Å²) in [5.41, 5.74) is 2.15. The first-order valence-corrected chi connectivity index (χ1v) is 4.99. The van der Waals surface area contributed by atoms with Gasteiger partial charge in [-0.25, -0.2) is 0 Å². The minimum absolute atomic E-state index is 0.126. The average molecular weight is 215 g/mol. The van der Waals surface area contributed by atoms with Crippen molar-refractivity contribution in [1.29, 1.82) is 0 Å². The van der Waals surface area contributed by atoms with E-state index in [9.17, 15) is 9.81 Å². The van der Waals surface area contributed by atoms with Crippen molar-refractivity contribution < 1.29 is 9.52 Å². The molecule has 0 saturated heterocycles. The molecule has 0 aliphatic carbocycles. The maximum absolute atomic E-state index is 11.6. The Kier molecular flexibility index (Phi) is 1.80. The molecule has 1 aliphatic heterocycles. The molecular formula is C11H9N3O2+2. The Morgan fingerprint density at radius 1 is 1.19 bits per heavy atom. The van der Waals surface area contributed by atoms with Gasteiger partial charge >= 0.3 is 6.67 Å². The van der Waals surface area contributed by atoms with Crippen LogP contribution in [0.4, 0.5) is 5.69 Å². The summed E-state index contributed by atoms with van der Waals surface area (Å²) >= 11 is 0. The second kappa shape index (κ2) is 3.16. The Hall–Kier alpha value is -2.17. The van der Waals surface area contributed by atoms with Crippen LogP contribution in [0.3, 0.4) is 0 Å². The molecule has 0 radical (unpaired) electrons. The first kappa shape index (κ1) is 9.08. The third kappa shape index (κ3) is 1.21. The van der Waals surface area contributed by atoms with E-state index >= 15 is 0 Å². The minimum atomic E-state index is -0.126. The van der Waals surface area contributed by atoms with Crippen molar-refractivity contribution in [3.05, 3.63) is 45.8 Å². The number of rotatable bonds is 0. The van der Waals surface area contributed by atoms with E-state index in [2.05, 4.69) is 4.98 Å². The van der Waals surface area contributed by atoms with E-state index in [0.717, 1.165) is 26.0 Å². The molecule has 2 heterocycles. The summed E-state index contributed by atoms with van der Waals surface area (Å²) in [6.45, 7) is 0.121. The van der Waals surface area contributed by atoms with Crippen molar-refractivity contribution in [2.45, 2.75) is 6.54 Å². The topological polar surface area (TPSA) is 53.0 Å². The van der Waals surface area contributed by atoms with E-state index in [0.29, 0.717) is 5.69 Å². The highest BCUT2D eigenvalue weighted by Crippen LogP contribution is 2.29. The quantitative estimate of drug-likeness (QED) is 0.630. The van der Waals surface area contributed by atoms with Crippen LogP contribution in [-0.2, 0) is 6.54 Å². The summed E-state index contributed by atoms with van der Waals surface area (Å²) in [4.78, 5) is 27.1. The van der Waals surface area contributed by atoms with Crippen molar-refractivity contribution in [3.63, 3.8) is 0 Å². The summed E-state index contributed by atoms with van der Waals surface area (Å²) in [6.07, 6.45) is 1.70. The maximum atomic E-state index is 11.6. The molecule has 0 amide bonds. The van der Waals surface area contributed by atoms with E-state index in [-0.39, 0.29) is 13.2 Å². The number of nitrogens with zero attached hydrogens (tertiary/aromatic N) is 3. The Morgan fingerprint density at radius 3 is 2.94 bits per heavy atom. The van der Waals surface area contributed by atoms with E-state index in [4.69, 9.17) is 0 Å². The highest BCUT2D eigenvalue weighted by atomic mass is 16.3. The van der Waals surface area contributed by atoms with Crippen LogP contribution in [0.25, 0.3) is 10.9 Å². The molecule has 0 bridgehead atoms. The zero-order chi connectivity index (χ0) is 11.1. The number of hydrogen-bond donors (Lipinski definition) is 0. The van der Waals surface area contributed by atoms with E-state index in [1.165, 1.54) is 0 Å². The molecule has 0 atom stereocenters. The third-order valence-electron chi connectivity index (χ3n) is 2.76. The molecule has 0 N–H and O–H groups in total. The first-order valence-electron chi connectivity index (χ1n) is 4.99. The lowest BCUT2D eigenvalue weighted by Crippen LogP contribution is -2.24. The number of fused-ring (bicyclic) bond motifs is 3. The average Bonchev–Trinajstić information content (AvgIpc) is 2.28. The van der Waals surface area contributed by atoms with Crippen LogP contribution in [0.15, 0.2) is 30.5 Å². The van der Waals surface area contributed by atoms with E-state index in [1.54, 1.807) is 18.3 Å². The molecule has 3 rings (SSSR count). The van der Waals surface area contributed by atoms with Gasteiger partial charge < -0.3 is 0 Å². The SMILES string of the molecule is O=[N+]1Cc2c(ccc3ncccc23)[N+](=O)C1. The predicted molar refractivity (Wildman–Crippen MR) is 57.2 cm³/mol. The second-order valence-electron chi connectivity index (χ2n) is 3.79. The summed E-state index contributed by atoms with van der Waals surface area (Å²) in [6, 6.07) is 7.22. The number of pyridine rings is 1. The predicted octanol–water partition coefficient (Wildman–Crippen LogP) is 1.90. The molecule has 5 nitrogen and oxygen atoms in total. The lowest BCUT2D eigenvalue weighted by molar-refractivity contribution is -0.735. The molecule has 1 aromatic carbocycles. The van der Waals surface area contributed by atoms with Crippen LogP contribution in [0.1, 0.15) is 5.56 Å². The van der Waals surface area contributed by atoms with Crippen molar-refractivity contribution >= 4 is 16.6 Å². The standard InChI is InChI=1S/C11H9N3O2/c15-13-6-9-8-2-1-5-12-10(8)3-4-11(9)14(16)7-13/h1-5H,6-7H2/q+2. The summed E-state index contributed by atoms with van der Waals surface area (Å²) in [5.74, 6) is 0. The van der Waals surface area contributed by atoms with Crippen molar-refractivity contribution in [2.75, 3.05) is 6.67 Å². The number of aromatic nitrogens is 1. The number of nitroso groups, excluding NO2 is 2. The van der Waals surface area contributed by atoms with Gasteiger partial charge in [0.25, 0.3) is 5.69 Å². The Labute approximate surface area is 90.9 Å². The monoisotopic (exact) mass is 215 g/mol. The molecule has 2 aromatic rings.